The van der Waals surface area contributed by atoms with Gasteiger partial charge in [-0.1, -0.05) is 12.1 Å². The lowest BCUT2D eigenvalue weighted by Crippen LogP contribution is -2.05. The van der Waals surface area contributed by atoms with Gasteiger partial charge in [0.05, 0.1) is 0 Å². The van der Waals surface area contributed by atoms with Gasteiger partial charge < -0.3 is 4.42 Å². The second kappa shape index (κ2) is 4.80. The number of hydrogen-bond donors (Lipinski definition) is 0. The zero-order chi connectivity index (χ0) is 12.4. The minimum Gasteiger partial charge on any atom is -0.428 e. The second-order valence-electron chi connectivity index (χ2n) is 3.91. The molecular formula is C14H14O2S. The van der Waals surface area contributed by atoms with Crippen molar-refractivity contribution in [2.75, 3.05) is 6.26 Å². The summed E-state index contributed by atoms with van der Waals surface area (Å²) in [5.41, 5.74) is 2.41. The molecule has 17 heavy (non-hydrogen) atoms. The fourth-order valence-corrected chi connectivity index (χ4v) is 2.15. The van der Waals surface area contributed by atoms with Gasteiger partial charge in [0.15, 0.2) is 0 Å². The molecule has 0 amide bonds. The lowest BCUT2D eigenvalue weighted by molar-refractivity contribution is 0.476. The molecule has 3 heteroatoms. The third-order valence-electron chi connectivity index (χ3n) is 2.71. The Morgan fingerprint density at radius 3 is 2.35 bits per heavy atom. The van der Waals surface area contributed by atoms with E-state index in [0.29, 0.717) is 11.3 Å². The Morgan fingerprint density at radius 1 is 1.12 bits per heavy atom. The quantitative estimate of drug-likeness (QED) is 0.758. The molecule has 0 aliphatic rings. The van der Waals surface area contributed by atoms with Gasteiger partial charge in [0.2, 0.25) is 0 Å². The van der Waals surface area contributed by atoms with Crippen molar-refractivity contribution < 1.29 is 4.42 Å². The van der Waals surface area contributed by atoms with Crippen molar-refractivity contribution in [3.63, 3.8) is 0 Å². The molecule has 2 rings (SSSR count). The fraction of sp³-hybridized carbons (Fsp3) is 0.214. The van der Waals surface area contributed by atoms with Crippen LogP contribution in [-0.2, 0) is 0 Å². The smallest absolute Gasteiger partial charge is 0.339 e. The van der Waals surface area contributed by atoms with Crippen molar-refractivity contribution in [2.24, 2.45) is 0 Å². The first-order chi connectivity index (χ1) is 8.11. The minimum absolute atomic E-state index is 0.256. The Bertz CT molecular complexity index is 582. The van der Waals surface area contributed by atoms with Crippen LogP contribution in [0, 0.1) is 13.8 Å². The van der Waals surface area contributed by atoms with Gasteiger partial charge in [0, 0.05) is 10.5 Å². The summed E-state index contributed by atoms with van der Waals surface area (Å²) in [6, 6.07) is 10.1. The van der Waals surface area contributed by atoms with Gasteiger partial charge in [-0.25, -0.2) is 4.79 Å². The highest BCUT2D eigenvalue weighted by Crippen LogP contribution is 2.25. The number of hydrogen-bond acceptors (Lipinski definition) is 3. The van der Waals surface area contributed by atoms with Crippen LogP contribution in [0.2, 0.25) is 0 Å². The van der Waals surface area contributed by atoms with Crippen molar-refractivity contribution >= 4 is 11.8 Å². The summed E-state index contributed by atoms with van der Waals surface area (Å²) in [7, 11) is 0. The van der Waals surface area contributed by atoms with Crippen LogP contribution in [0.3, 0.4) is 0 Å². The molecule has 0 fully saturated rings. The molecular weight excluding hydrogens is 232 g/mol. The van der Waals surface area contributed by atoms with Crippen molar-refractivity contribution in [1.29, 1.82) is 0 Å². The molecule has 88 valence electrons. The molecule has 1 heterocycles. The molecule has 2 nitrogen and oxygen atoms in total. The normalized spacial score (nSPS) is 10.5. The number of thioether (sulfide) groups is 1. The third kappa shape index (κ3) is 2.44. The van der Waals surface area contributed by atoms with Crippen LogP contribution in [-0.4, -0.2) is 6.26 Å². The summed E-state index contributed by atoms with van der Waals surface area (Å²) in [6.45, 7) is 3.59. The van der Waals surface area contributed by atoms with E-state index in [-0.39, 0.29) is 5.63 Å². The Kier molecular flexibility index (Phi) is 3.38. The highest BCUT2D eigenvalue weighted by Gasteiger charge is 2.07. The molecule has 2 aromatic rings. The average molecular weight is 246 g/mol. The van der Waals surface area contributed by atoms with Gasteiger partial charge >= 0.3 is 5.63 Å². The van der Waals surface area contributed by atoms with E-state index in [4.69, 9.17) is 4.42 Å². The molecule has 0 unspecified atom stereocenters. The SMILES string of the molecule is CSc1ccc(-c2cc(C)oc(=O)c2C)cc1. The van der Waals surface area contributed by atoms with Gasteiger partial charge in [-0.05, 0) is 49.4 Å². The zero-order valence-corrected chi connectivity index (χ0v) is 10.9. The summed E-state index contributed by atoms with van der Waals surface area (Å²) in [4.78, 5) is 12.8. The van der Waals surface area contributed by atoms with E-state index in [9.17, 15) is 4.79 Å². The Balaban J connectivity index is 2.56. The van der Waals surface area contributed by atoms with Gasteiger partial charge in [-0.3, -0.25) is 0 Å². The predicted molar refractivity (Wildman–Crippen MR) is 71.7 cm³/mol. The van der Waals surface area contributed by atoms with E-state index in [1.165, 1.54) is 4.90 Å². The Labute approximate surface area is 105 Å². The van der Waals surface area contributed by atoms with Crippen LogP contribution in [0.25, 0.3) is 11.1 Å². The highest BCUT2D eigenvalue weighted by atomic mass is 32.2. The predicted octanol–water partition coefficient (Wildman–Crippen LogP) is 3.65. The van der Waals surface area contributed by atoms with Gasteiger partial charge in [-0.2, -0.15) is 0 Å². The number of rotatable bonds is 2. The maximum Gasteiger partial charge on any atom is 0.339 e. The summed E-state index contributed by atoms with van der Waals surface area (Å²) in [5, 5.41) is 0. The highest BCUT2D eigenvalue weighted by molar-refractivity contribution is 7.98. The number of benzene rings is 1. The molecule has 1 aromatic carbocycles. The summed E-state index contributed by atoms with van der Waals surface area (Å²) >= 11 is 1.70. The lowest BCUT2D eigenvalue weighted by Gasteiger charge is -2.06. The second-order valence-corrected chi connectivity index (χ2v) is 4.79. The Hall–Kier alpha value is -1.48. The van der Waals surface area contributed by atoms with Gasteiger partial charge in [0.25, 0.3) is 0 Å². The monoisotopic (exact) mass is 246 g/mol. The molecule has 0 spiro atoms. The van der Waals surface area contributed by atoms with Crippen LogP contribution in [0.4, 0.5) is 0 Å². The fourth-order valence-electron chi connectivity index (χ4n) is 1.74. The molecule has 0 aliphatic heterocycles. The zero-order valence-electron chi connectivity index (χ0n) is 10.1. The van der Waals surface area contributed by atoms with Crippen LogP contribution in [0.15, 0.2) is 44.4 Å². The van der Waals surface area contributed by atoms with Crippen LogP contribution >= 0.6 is 11.8 Å². The number of aryl methyl sites for hydroxylation is 1. The van der Waals surface area contributed by atoms with Crippen molar-refractivity contribution in [3.8, 4) is 11.1 Å². The molecule has 0 N–H and O–H groups in total. The van der Waals surface area contributed by atoms with Crippen LogP contribution in [0.1, 0.15) is 11.3 Å². The molecule has 0 atom stereocenters. The standard InChI is InChI=1S/C14H14O2S/c1-9-8-13(10(2)14(15)16-9)11-4-6-12(17-3)7-5-11/h4-8H,1-3H3. The van der Waals surface area contributed by atoms with E-state index >= 15 is 0 Å². The third-order valence-corrected chi connectivity index (χ3v) is 3.46. The molecule has 0 bridgehead atoms. The molecule has 0 aliphatic carbocycles. The maximum absolute atomic E-state index is 11.6. The molecule has 0 saturated carbocycles. The maximum atomic E-state index is 11.6. The summed E-state index contributed by atoms with van der Waals surface area (Å²) in [5.74, 6) is 0.643. The van der Waals surface area contributed by atoms with E-state index in [2.05, 4.69) is 12.1 Å². The summed E-state index contributed by atoms with van der Waals surface area (Å²) < 4.78 is 5.06. The van der Waals surface area contributed by atoms with Gasteiger partial charge in [-0.15, -0.1) is 11.8 Å². The van der Waals surface area contributed by atoms with Gasteiger partial charge in [0.1, 0.15) is 5.76 Å². The van der Waals surface area contributed by atoms with Crippen molar-refractivity contribution in [3.05, 3.63) is 52.1 Å². The van der Waals surface area contributed by atoms with Crippen molar-refractivity contribution in [2.45, 2.75) is 18.7 Å². The lowest BCUT2D eigenvalue weighted by atomic mass is 10.0. The first-order valence-electron chi connectivity index (χ1n) is 5.37. The van der Waals surface area contributed by atoms with Crippen molar-refractivity contribution in [1.82, 2.24) is 0 Å². The van der Waals surface area contributed by atoms with E-state index in [1.807, 2.05) is 24.5 Å². The summed E-state index contributed by atoms with van der Waals surface area (Å²) in [6.07, 6.45) is 2.04. The topological polar surface area (TPSA) is 30.2 Å². The largest absolute Gasteiger partial charge is 0.428 e. The van der Waals surface area contributed by atoms with Crippen LogP contribution in [0.5, 0.6) is 0 Å². The van der Waals surface area contributed by atoms with Crippen LogP contribution < -0.4 is 5.63 Å². The average Bonchev–Trinajstić information content (AvgIpc) is 2.34. The Morgan fingerprint density at radius 2 is 1.76 bits per heavy atom. The van der Waals surface area contributed by atoms with E-state index in [0.717, 1.165) is 11.1 Å². The first kappa shape index (κ1) is 12.0. The van der Waals surface area contributed by atoms with E-state index in [1.54, 1.807) is 25.6 Å². The minimum atomic E-state index is -0.256. The van der Waals surface area contributed by atoms with E-state index < -0.39 is 0 Å². The molecule has 0 radical (unpaired) electrons. The first-order valence-corrected chi connectivity index (χ1v) is 6.60. The molecule has 1 aromatic heterocycles. The molecule has 0 saturated heterocycles.